The largest absolute Gasteiger partial charge is 0.416 e. The Bertz CT molecular complexity index is 474. The van der Waals surface area contributed by atoms with E-state index in [9.17, 15) is 26.4 Å². The van der Waals surface area contributed by atoms with Crippen LogP contribution in [0, 0.1) is 0 Å². The first-order chi connectivity index (χ1) is 7.27. The highest BCUT2D eigenvalue weighted by atomic mass is 32.2. The number of hydrogen-bond acceptors (Lipinski definition) is 3. The summed E-state index contributed by atoms with van der Waals surface area (Å²) < 4.78 is 59.0. The highest BCUT2D eigenvalue weighted by molar-refractivity contribution is 7.92. The Kier molecular flexibility index (Phi) is 3.37. The Morgan fingerprint density at radius 1 is 1.12 bits per heavy atom. The topological polar surface area (TPSA) is 51.2 Å². The number of carbonyl (C=O) groups is 1. The van der Waals surface area contributed by atoms with Crippen molar-refractivity contribution in [1.82, 2.24) is 0 Å². The van der Waals surface area contributed by atoms with Crippen molar-refractivity contribution in [3.63, 3.8) is 0 Å². The number of hydrogen-bond donors (Lipinski definition) is 0. The monoisotopic (exact) mass is 252 g/mol. The first kappa shape index (κ1) is 12.7. The van der Waals surface area contributed by atoms with Crippen LogP contribution in [0.2, 0.25) is 0 Å². The van der Waals surface area contributed by atoms with Gasteiger partial charge in [0.1, 0.15) is 12.0 Å². The van der Waals surface area contributed by atoms with Crippen molar-refractivity contribution >= 4 is 16.1 Å². The van der Waals surface area contributed by atoms with Gasteiger partial charge in [0.2, 0.25) is 0 Å². The van der Waals surface area contributed by atoms with E-state index in [0.29, 0.717) is 12.1 Å². The number of benzene rings is 1. The summed E-state index contributed by atoms with van der Waals surface area (Å²) in [4.78, 5) is 9.76. The van der Waals surface area contributed by atoms with Crippen LogP contribution in [0.3, 0.4) is 0 Å². The first-order valence-corrected chi connectivity index (χ1v) is 5.76. The molecule has 3 nitrogen and oxygen atoms in total. The van der Waals surface area contributed by atoms with E-state index in [1.807, 2.05) is 0 Å². The maximum absolute atomic E-state index is 12.2. The minimum atomic E-state index is -4.51. The summed E-state index contributed by atoms with van der Waals surface area (Å²) in [6, 6.07) is 3.00. The zero-order chi connectivity index (χ0) is 12.4. The third-order valence-corrected chi connectivity index (χ3v) is 3.39. The number of rotatable bonds is 3. The molecule has 0 saturated carbocycles. The summed E-state index contributed by atoms with van der Waals surface area (Å²) >= 11 is 0. The van der Waals surface area contributed by atoms with Gasteiger partial charge in [-0.2, -0.15) is 13.2 Å². The van der Waals surface area contributed by atoms with Gasteiger partial charge in [0, 0.05) is 0 Å². The van der Waals surface area contributed by atoms with Crippen LogP contribution in [0.5, 0.6) is 0 Å². The van der Waals surface area contributed by atoms with Gasteiger partial charge in [-0.25, -0.2) is 8.42 Å². The molecule has 88 valence electrons. The lowest BCUT2D eigenvalue weighted by Gasteiger charge is -2.07. The van der Waals surface area contributed by atoms with Gasteiger partial charge in [0.25, 0.3) is 0 Å². The molecule has 0 aliphatic carbocycles. The third-order valence-electron chi connectivity index (χ3n) is 1.83. The summed E-state index contributed by atoms with van der Waals surface area (Å²) in [6.07, 6.45) is -4.32. The van der Waals surface area contributed by atoms with Gasteiger partial charge in [0.15, 0.2) is 9.84 Å². The van der Waals surface area contributed by atoms with Crippen LogP contribution < -0.4 is 0 Å². The molecular weight excluding hydrogens is 245 g/mol. The molecule has 0 spiro atoms. The zero-order valence-electron chi connectivity index (χ0n) is 7.86. The van der Waals surface area contributed by atoms with Crippen LogP contribution in [-0.2, 0) is 20.8 Å². The molecule has 0 bridgehead atoms. The molecule has 0 atom stereocenters. The molecule has 0 aliphatic rings. The minimum absolute atomic E-state index is 0.188. The number of carbonyl (C=O) groups excluding carboxylic acids is 1. The number of alkyl halides is 3. The molecule has 0 aliphatic heterocycles. The first-order valence-electron chi connectivity index (χ1n) is 4.11. The summed E-state index contributed by atoms with van der Waals surface area (Å²) in [7, 11) is -3.81. The predicted octanol–water partition coefficient (Wildman–Crippen LogP) is 1.68. The molecule has 1 rings (SSSR count). The van der Waals surface area contributed by atoms with Gasteiger partial charge in [0.05, 0.1) is 10.5 Å². The second-order valence-corrected chi connectivity index (χ2v) is 5.00. The minimum Gasteiger partial charge on any atom is -0.302 e. The van der Waals surface area contributed by atoms with E-state index in [-0.39, 0.29) is 11.2 Å². The fraction of sp³-hybridized carbons (Fsp3) is 0.222. The SMILES string of the molecule is O=CCS(=O)(=O)c1ccc(C(F)(F)F)cc1. The van der Waals surface area contributed by atoms with Crippen LogP contribution in [0.4, 0.5) is 13.2 Å². The molecule has 0 aromatic heterocycles. The van der Waals surface area contributed by atoms with Crippen molar-refractivity contribution in [2.24, 2.45) is 0 Å². The normalized spacial score (nSPS) is 12.4. The lowest BCUT2D eigenvalue weighted by Crippen LogP contribution is -2.09. The summed E-state index contributed by atoms with van der Waals surface area (Å²) in [5, 5.41) is 0. The second-order valence-electron chi connectivity index (χ2n) is 2.97. The van der Waals surface area contributed by atoms with Crippen molar-refractivity contribution in [2.45, 2.75) is 11.1 Å². The molecule has 0 amide bonds. The average Bonchev–Trinajstić information content (AvgIpc) is 2.16. The van der Waals surface area contributed by atoms with Crippen LogP contribution in [-0.4, -0.2) is 20.5 Å². The van der Waals surface area contributed by atoms with Gasteiger partial charge in [-0.1, -0.05) is 0 Å². The van der Waals surface area contributed by atoms with E-state index in [0.717, 1.165) is 12.1 Å². The Balaban J connectivity index is 3.09. The average molecular weight is 252 g/mol. The maximum Gasteiger partial charge on any atom is 0.416 e. The fourth-order valence-electron chi connectivity index (χ4n) is 1.04. The summed E-state index contributed by atoms with van der Waals surface area (Å²) in [5.41, 5.74) is -0.933. The molecule has 1 aromatic carbocycles. The molecule has 0 radical (unpaired) electrons. The standard InChI is InChI=1S/C9H7F3O3S/c10-9(11,12)7-1-3-8(4-2-7)16(14,15)6-5-13/h1-5H,6H2. The third kappa shape index (κ3) is 2.82. The van der Waals surface area contributed by atoms with E-state index in [2.05, 4.69) is 0 Å². The van der Waals surface area contributed by atoms with E-state index >= 15 is 0 Å². The molecule has 0 unspecified atom stereocenters. The zero-order valence-corrected chi connectivity index (χ0v) is 8.68. The highest BCUT2D eigenvalue weighted by Crippen LogP contribution is 2.29. The molecule has 0 saturated heterocycles. The van der Waals surface area contributed by atoms with Crippen molar-refractivity contribution in [3.8, 4) is 0 Å². The molecule has 1 aromatic rings. The molecule has 0 heterocycles. The van der Waals surface area contributed by atoms with Crippen molar-refractivity contribution in [3.05, 3.63) is 29.8 Å². The smallest absolute Gasteiger partial charge is 0.302 e. The quantitative estimate of drug-likeness (QED) is 0.769. The predicted molar refractivity (Wildman–Crippen MR) is 49.6 cm³/mol. The van der Waals surface area contributed by atoms with E-state index in [4.69, 9.17) is 0 Å². The van der Waals surface area contributed by atoms with Crippen LogP contribution in [0.15, 0.2) is 29.2 Å². The van der Waals surface area contributed by atoms with Crippen molar-refractivity contribution < 1.29 is 26.4 Å². The van der Waals surface area contributed by atoms with Crippen LogP contribution in [0.25, 0.3) is 0 Å². The lowest BCUT2D eigenvalue weighted by molar-refractivity contribution is -0.137. The number of aldehydes is 1. The van der Waals surface area contributed by atoms with Gasteiger partial charge >= 0.3 is 6.18 Å². The summed E-state index contributed by atoms with van der Waals surface area (Å²) in [5.74, 6) is -0.738. The highest BCUT2D eigenvalue weighted by Gasteiger charge is 2.30. The Morgan fingerprint density at radius 2 is 1.62 bits per heavy atom. The summed E-state index contributed by atoms with van der Waals surface area (Å²) in [6.45, 7) is 0. The second kappa shape index (κ2) is 4.25. The maximum atomic E-state index is 12.2. The van der Waals surface area contributed by atoms with Crippen LogP contribution in [0.1, 0.15) is 5.56 Å². The van der Waals surface area contributed by atoms with E-state index in [1.165, 1.54) is 0 Å². The molecular formula is C9H7F3O3S. The van der Waals surface area contributed by atoms with Gasteiger partial charge in [-0.05, 0) is 24.3 Å². The van der Waals surface area contributed by atoms with Crippen molar-refractivity contribution in [1.29, 1.82) is 0 Å². The van der Waals surface area contributed by atoms with Crippen LogP contribution >= 0.6 is 0 Å². The van der Waals surface area contributed by atoms with E-state index < -0.39 is 27.3 Å². The Labute approximate surface area is 89.8 Å². The van der Waals surface area contributed by atoms with Gasteiger partial charge in [-0.15, -0.1) is 0 Å². The Hall–Kier alpha value is -1.37. The van der Waals surface area contributed by atoms with Gasteiger partial charge < -0.3 is 4.79 Å². The van der Waals surface area contributed by atoms with Gasteiger partial charge in [-0.3, -0.25) is 0 Å². The van der Waals surface area contributed by atoms with E-state index in [1.54, 1.807) is 0 Å². The Morgan fingerprint density at radius 3 is 2.00 bits per heavy atom. The number of halogens is 3. The molecule has 16 heavy (non-hydrogen) atoms. The van der Waals surface area contributed by atoms with Crippen molar-refractivity contribution in [2.75, 3.05) is 5.75 Å². The molecule has 0 fully saturated rings. The molecule has 7 heteroatoms. The molecule has 0 N–H and O–H groups in total. The lowest BCUT2D eigenvalue weighted by atomic mass is 10.2. The fourth-order valence-corrected chi connectivity index (χ4v) is 1.96. The number of sulfone groups is 1.